The van der Waals surface area contributed by atoms with Gasteiger partial charge in [0, 0.05) is 12.5 Å². The maximum atomic E-state index is 9.15. The fourth-order valence-corrected chi connectivity index (χ4v) is 2.74. The lowest BCUT2D eigenvalue weighted by Gasteiger charge is -2.23. The van der Waals surface area contributed by atoms with Crippen molar-refractivity contribution < 1.29 is 4.42 Å². The zero-order valence-electron chi connectivity index (χ0n) is 12.8. The second kappa shape index (κ2) is 6.74. The lowest BCUT2D eigenvalue weighted by atomic mass is 10.1. The first kappa shape index (κ1) is 15.5. The van der Waals surface area contributed by atoms with Crippen LogP contribution >= 0.6 is 11.3 Å². The molecule has 0 spiro atoms. The van der Waals surface area contributed by atoms with Gasteiger partial charge in [-0.15, -0.1) is 0 Å². The van der Waals surface area contributed by atoms with E-state index < -0.39 is 0 Å². The topological polar surface area (TPSA) is 65.1 Å². The number of nitrogens with one attached hydrogen (secondary N) is 1. The van der Waals surface area contributed by atoms with Gasteiger partial charge in [-0.1, -0.05) is 13.8 Å². The van der Waals surface area contributed by atoms with Crippen LogP contribution in [-0.4, -0.2) is 30.5 Å². The number of anilines is 1. The highest BCUT2D eigenvalue weighted by Gasteiger charge is 2.19. The van der Waals surface area contributed by atoms with Crippen molar-refractivity contribution in [1.82, 2.24) is 9.88 Å². The summed E-state index contributed by atoms with van der Waals surface area (Å²) in [7, 11) is 4.07. The summed E-state index contributed by atoms with van der Waals surface area (Å²) in [5.74, 6) is 1.21. The van der Waals surface area contributed by atoms with E-state index >= 15 is 0 Å². The summed E-state index contributed by atoms with van der Waals surface area (Å²) in [4.78, 5) is 6.35. The quantitative estimate of drug-likeness (QED) is 0.885. The molecule has 2 heterocycles. The second-order valence-corrected chi connectivity index (χ2v) is 6.19. The third-order valence-electron chi connectivity index (χ3n) is 3.25. The van der Waals surface area contributed by atoms with Crippen LogP contribution in [0.25, 0.3) is 0 Å². The number of likely N-dealkylation sites (N-methyl/N-ethyl adjacent to an activating group) is 1. The van der Waals surface area contributed by atoms with Gasteiger partial charge in [0.25, 0.3) is 0 Å². The summed E-state index contributed by atoms with van der Waals surface area (Å²) in [6.07, 6.45) is 0. The molecular formula is C15H20N4OS. The molecular weight excluding hydrogens is 284 g/mol. The Hall–Kier alpha value is -1.84. The van der Waals surface area contributed by atoms with Gasteiger partial charge in [0.15, 0.2) is 0 Å². The standard InChI is InChI=1S/C15H20N4OS/c1-10(2)14-18-12(7-16)15(20-14)17-8-13(19(3)4)11-5-6-21-9-11/h5-6,9-10,13,17H,8H2,1-4H3/t13-/m1/s1. The lowest BCUT2D eigenvalue weighted by molar-refractivity contribution is 0.310. The lowest BCUT2D eigenvalue weighted by Crippen LogP contribution is -2.26. The number of oxazole rings is 1. The first-order chi connectivity index (χ1) is 10.0. The molecule has 0 saturated heterocycles. The molecule has 6 heteroatoms. The molecule has 5 nitrogen and oxygen atoms in total. The van der Waals surface area contributed by atoms with Gasteiger partial charge in [0.1, 0.15) is 6.07 Å². The molecule has 0 radical (unpaired) electrons. The van der Waals surface area contributed by atoms with E-state index in [1.165, 1.54) is 5.56 Å². The summed E-state index contributed by atoms with van der Waals surface area (Å²) >= 11 is 1.68. The number of hydrogen-bond donors (Lipinski definition) is 1. The van der Waals surface area contributed by atoms with Crippen LogP contribution in [0.4, 0.5) is 5.88 Å². The van der Waals surface area contributed by atoms with E-state index in [1.807, 2.05) is 27.9 Å². The van der Waals surface area contributed by atoms with E-state index in [-0.39, 0.29) is 12.0 Å². The summed E-state index contributed by atoms with van der Waals surface area (Å²) < 4.78 is 5.65. The molecule has 0 aliphatic carbocycles. The molecule has 21 heavy (non-hydrogen) atoms. The normalized spacial score (nSPS) is 12.6. The molecule has 112 valence electrons. The summed E-state index contributed by atoms with van der Waals surface area (Å²) in [5.41, 5.74) is 1.57. The number of rotatable bonds is 6. The van der Waals surface area contributed by atoms with Gasteiger partial charge < -0.3 is 14.6 Å². The average Bonchev–Trinajstić information content (AvgIpc) is 3.07. The van der Waals surface area contributed by atoms with E-state index in [4.69, 9.17) is 9.68 Å². The van der Waals surface area contributed by atoms with Gasteiger partial charge in [0.05, 0.1) is 6.04 Å². The van der Waals surface area contributed by atoms with Crippen LogP contribution < -0.4 is 5.32 Å². The van der Waals surface area contributed by atoms with Crippen molar-refractivity contribution >= 4 is 17.2 Å². The Kier molecular flexibility index (Phi) is 4.99. The summed E-state index contributed by atoms with van der Waals surface area (Å²) in [5, 5.41) is 16.6. The molecule has 0 aliphatic rings. The molecule has 2 aromatic heterocycles. The Morgan fingerprint density at radius 2 is 2.24 bits per heavy atom. The maximum absolute atomic E-state index is 9.15. The molecule has 0 unspecified atom stereocenters. The van der Waals surface area contributed by atoms with Crippen molar-refractivity contribution in [1.29, 1.82) is 5.26 Å². The first-order valence-corrected chi connectivity index (χ1v) is 7.80. The third-order valence-corrected chi connectivity index (χ3v) is 3.95. The van der Waals surface area contributed by atoms with Crippen LogP contribution in [-0.2, 0) is 0 Å². The van der Waals surface area contributed by atoms with Crippen molar-refractivity contribution in [3.05, 3.63) is 34.0 Å². The molecule has 0 aliphatic heterocycles. The fraction of sp³-hybridized carbons (Fsp3) is 0.467. The largest absolute Gasteiger partial charge is 0.424 e. The van der Waals surface area contributed by atoms with Crippen molar-refractivity contribution in [2.75, 3.05) is 26.0 Å². The molecule has 0 saturated carbocycles. The van der Waals surface area contributed by atoms with Gasteiger partial charge in [-0.05, 0) is 36.5 Å². The Balaban J connectivity index is 2.13. The molecule has 1 atom stereocenters. The number of aromatic nitrogens is 1. The number of thiophene rings is 1. The minimum absolute atomic E-state index is 0.161. The zero-order chi connectivity index (χ0) is 15.4. The SMILES string of the molecule is CC(C)c1nc(C#N)c(NC[C@H](c2ccsc2)N(C)C)o1. The first-order valence-electron chi connectivity index (χ1n) is 6.86. The van der Waals surface area contributed by atoms with Crippen molar-refractivity contribution in [3.63, 3.8) is 0 Å². The molecule has 0 aromatic carbocycles. The van der Waals surface area contributed by atoms with Crippen LogP contribution in [0, 0.1) is 11.3 Å². The number of hydrogen-bond acceptors (Lipinski definition) is 6. The van der Waals surface area contributed by atoms with Gasteiger partial charge in [0.2, 0.25) is 17.5 Å². The van der Waals surface area contributed by atoms with Gasteiger partial charge >= 0.3 is 0 Å². The van der Waals surface area contributed by atoms with E-state index in [9.17, 15) is 0 Å². The molecule has 0 amide bonds. The molecule has 0 bridgehead atoms. The molecule has 2 aromatic rings. The van der Waals surface area contributed by atoms with Crippen LogP contribution in [0.3, 0.4) is 0 Å². The van der Waals surface area contributed by atoms with Gasteiger partial charge in [-0.25, -0.2) is 4.98 Å². The van der Waals surface area contributed by atoms with Crippen molar-refractivity contribution in [2.45, 2.75) is 25.8 Å². The highest BCUT2D eigenvalue weighted by atomic mass is 32.1. The minimum Gasteiger partial charge on any atom is -0.424 e. The summed E-state index contributed by atoms with van der Waals surface area (Å²) in [6.45, 7) is 4.64. The third kappa shape index (κ3) is 3.63. The highest BCUT2D eigenvalue weighted by molar-refractivity contribution is 7.07. The van der Waals surface area contributed by atoms with E-state index in [0.717, 1.165) is 0 Å². The molecule has 2 rings (SSSR count). The van der Waals surface area contributed by atoms with Crippen LogP contribution in [0.2, 0.25) is 0 Å². The second-order valence-electron chi connectivity index (χ2n) is 5.41. The van der Waals surface area contributed by atoms with E-state index in [0.29, 0.717) is 24.0 Å². The average molecular weight is 304 g/mol. The molecule has 1 N–H and O–H groups in total. The predicted molar refractivity (Wildman–Crippen MR) is 84.5 cm³/mol. The minimum atomic E-state index is 0.161. The fourth-order valence-electron chi connectivity index (χ4n) is 2.03. The number of nitriles is 1. The van der Waals surface area contributed by atoms with E-state index in [1.54, 1.807) is 11.3 Å². The van der Waals surface area contributed by atoms with Crippen LogP contribution in [0.1, 0.15) is 43.0 Å². The Bertz CT molecular complexity index is 610. The van der Waals surface area contributed by atoms with Crippen molar-refractivity contribution in [3.8, 4) is 6.07 Å². The zero-order valence-corrected chi connectivity index (χ0v) is 13.6. The van der Waals surface area contributed by atoms with Gasteiger partial charge in [-0.2, -0.15) is 16.6 Å². The maximum Gasteiger partial charge on any atom is 0.232 e. The van der Waals surface area contributed by atoms with Crippen LogP contribution in [0.15, 0.2) is 21.2 Å². The summed E-state index contributed by atoms with van der Waals surface area (Å²) in [6, 6.07) is 4.41. The Morgan fingerprint density at radius 3 is 2.76 bits per heavy atom. The van der Waals surface area contributed by atoms with Crippen LogP contribution in [0.5, 0.6) is 0 Å². The van der Waals surface area contributed by atoms with Gasteiger partial charge in [-0.3, -0.25) is 0 Å². The monoisotopic (exact) mass is 304 g/mol. The number of nitrogens with zero attached hydrogens (tertiary/aromatic N) is 3. The van der Waals surface area contributed by atoms with Crippen molar-refractivity contribution in [2.24, 2.45) is 0 Å². The molecule has 0 fully saturated rings. The Morgan fingerprint density at radius 1 is 1.48 bits per heavy atom. The van der Waals surface area contributed by atoms with E-state index in [2.05, 4.69) is 38.1 Å². The predicted octanol–water partition coefficient (Wildman–Crippen LogP) is 3.45. The highest BCUT2D eigenvalue weighted by Crippen LogP contribution is 2.25. The Labute approximate surface area is 129 Å². The smallest absolute Gasteiger partial charge is 0.232 e.